The highest BCUT2D eigenvalue weighted by Crippen LogP contribution is 2.29. The van der Waals surface area contributed by atoms with E-state index >= 15 is 0 Å². The molecule has 2 fully saturated rings. The summed E-state index contributed by atoms with van der Waals surface area (Å²) >= 11 is 0. The number of hydrogen-bond donors (Lipinski definition) is 0. The van der Waals surface area contributed by atoms with Crippen molar-refractivity contribution in [3.63, 3.8) is 0 Å². The second-order valence-corrected chi connectivity index (χ2v) is 7.11. The molecule has 2 aromatic rings. The van der Waals surface area contributed by atoms with E-state index in [1.165, 1.54) is 0 Å². The highest BCUT2D eigenvalue weighted by molar-refractivity contribution is 6.00. The summed E-state index contributed by atoms with van der Waals surface area (Å²) in [4.78, 5) is 35.6. The number of benzene rings is 1. The number of piperazine rings is 1. The van der Waals surface area contributed by atoms with E-state index in [1.54, 1.807) is 18.2 Å². The van der Waals surface area contributed by atoms with Gasteiger partial charge in [0, 0.05) is 57.1 Å². The molecule has 0 saturated carbocycles. The number of rotatable bonds is 4. The Kier molecular flexibility index (Phi) is 5.14. The Bertz CT molecular complexity index is 850. The van der Waals surface area contributed by atoms with Crippen LogP contribution in [-0.2, 0) is 9.59 Å². The first-order valence-corrected chi connectivity index (χ1v) is 9.55. The number of anilines is 2. The van der Waals surface area contributed by atoms with E-state index in [-0.39, 0.29) is 24.2 Å². The van der Waals surface area contributed by atoms with Gasteiger partial charge in [0.25, 0.3) is 0 Å². The lowest BCUT2D eigenvalue weighted by atomic mass is 10.1. The topological polar surface area (TPSA) is 66.0 Å². The predicted octanol–water partition coefficient (Wildman–Crippen LogP) is 1.79. The van der Waals surface area contributed by atoms with Crippen molar-refractivity contribution in [2.24, 2.45) is 5.92 Å². The van der Waals surface area contributed by atoms with E-state index in [0.717, 1.165) is 24.6 Å². The highest BCUT2D eigenvalue weighted by Gasteiger charge is 2.38. The average Bonchev–Trinajstić information content (AvgIpc) is 3.15. The van der Waals surface area contributed by atoms with Crippen LogP contribution in [0.15, 0.2) is 48.7 Å². The molecule has 0 radical (unpaired) electrons. The van der Waals surface area contributed by atoms with E-state index in [0.29, 0.717) is 25.4 Å². The summed E-state index contributed by atoms with van der Waals surface area (Å²) < 4.78 is 5.24. The van der Waals surface area contributed by atoms with Crippen molar-refractivity contribution >= 4 is 23.3 Å². The van der Waals surface area contributed by atoms with Crippen LogP contribution in [0.4, 0.5) is 11.5 Å². The van der Waals surface area contributed by atoms with Gasteiger partial charge in [-0.05, 0) is 24.3 Å². The summed E-state index contributed by atoms with van der Waals surface area (Å²) in [7, 11) is 1.60. The third kappa shape index (κ3) is 3.65. The van der Waals surface area contributed by atoms with Crippen molar-refractivity contribution in [2.75, 3.05) is 49.6 Å². The van der Waals surface area contributed by atoms with Crippen molar-refractivity contribution in [1.29, 1.82) is 0 Å². The van der Waals surface area contributed by atoms with Gasteiger partial charge < -0.3 is 19.4 Å². The third-order valence-electron chi connectivity index (χ3n) is 5.40. The van der Waals surface area contributed by atoms with Gasteiger partial charge in [-0.25, -0.2) is 4.98 Å². The molecule has 1 unspecified atom stereocenters. The van der Waals surface area contributed by atoms with Gasteiger partial charge in [0.2, 0.25) is 11.8 Å². The lowest BCUT2D eigenvalue weighted by molar-refractivity contribution is -0.136. The lowest BCUT2D eigenvalue weighted by Gasteiger charge is -2.36. The fourth-order valence-electron chi connectivity index (χ4n) is 3.86. The zero-order valence-electron chi connectivity index (χ0n) is 16.0. The monoisotopic (exact) mass is 380 g/mol. The number of amides is 2. The maximum Gasteiger partial charge on any atom is 0.228 e. The molecule has 4 rings (SSSR count). The van der Waals surface area contributed by atoms with Crippen LogP contribution in [0.3, 0.4) is 0 Å². The van der Waals surface area contributed by atoms with Crippen molar-refractivity contribution < 1.29 is 14.3 Å². The Morgan fingerprint density at radius 3 is 2.64 bits per heavy atom. The van der Waals surface area contributed by atoms with E-state index in [2.05, 4.69) is 9.88 Å². The first kappa shape index (κ1) is 18.3. The molecule has 0 N–H and O–H groups in total. The summed E-state index contributed by atoms with van der Waals surface area (Å²) in [6, 6.07) is 13.3. The van der Waals surface area contributed by atoms with Gasteiger partial charge in [0.05, 0.1) is 13.0 Å². The van der Waals surface area contributed by atoms with E-state index in [1.807, 2.05) is 47.4 Å². The summed E-state index contributed by atoms with van der Waals surface area (Å²) in [5.74, 6) is 1.40. The maximum atomic E-state index is 13.0. The highest BCUT2D eigenvalue weighted by atomic mass is 16.5. The number of carbonyl (C=O) groups is 2. The molecule has 0 aliphatic carbocycles. The van der Waals surface area contributed by atoms with Crippen LogP contribution < -0.4 is 14.5 Å². The number of pyridine rings is 1. The van der Waals surface area contributed by atoms with Crippen molar-refractivity contribution in [1.82, 2.24) is 9.88 Å². The fourth-order valence-corrected chi connectivity index (χ4v) is 3.86. The molecule has 0 spiro atoms. The van der Waals surface area contributed by atoms with Gasteiger partial charge in [-0.3, -0.25) is 9.59 Å². The second kappa shape index (κ2) is 7.88. The van der Waals surface area contributed by atoms with Gasteiger partial charge in [-0.1, -0.05) is 12.1 Å². The summed E-state index contributed by atoms with van der Waals surface area (Å²) in [5.41, 5.74) is 0.777. The number of carbonyl (C=O) groups excluding carboxylic acids is 2. The quantitative estimate of drug-likeness (QED) is 0.809. The van der Waals surface area contributed by atoms with Gasteiger partial charge in [0.1, 0.15) is 11.6 Å². The predicted molar refractivity (Wildman–Crippen MR) is 106 cm³/mol. The van der Waals surface area contributed by atoms with Crippen LogP contribution in [0.1, 0.15) is 6.42 Å². The smallest absolute Gasteiger partial charge is 0.228 e. The van der Waals surface area contributed by atoms with Gasteiger partial charge >= 0.3 is 0 Å². The Hall–Kier alpha value is -3.09. The van der Waals surface area contributed by atoms with Crippen LogP contribution in [0.5, 0.6) is 5.75 Å². The molecule has 1 atom stereocenters. The van der Waals surface area contributed by atoms with Crippen molar-refractivity contribution in [2.45, 2.75) is 6.42 Å². The van der Waals surface area contributed by atoms with E-state index in [9.17, 15) is 9.59 Å². The molecule has 2 saturated heterocycles. The van der Waals surface area contributed by atoms with Crippen LogP contribution >= 0.6 is 0 Å². The molecule has 0 bridgehead atoms. The molecular weight excluding hydrogens is 356 g/mol. The molecule has 3 heterocycles. The van der Waals surface area contributed by atoms with Crippen LogP contribution in [-0.4, -0.2) is 61.5 Å². The number of ether oxygens (including phenoxy) is 1. The normalized spacial score (nSPS) is 19.8. The first-order chi connectivity index (χ1) is 13.7. The first-order valence-electron chi connectivity index (χ1n) is 9.55. The Morgan fingerprint density at radius 2 is 1.93 bits per heavy atom. The summed E-state index contributed by atoms with van der Waals surface area (Å²) in [6.07, 6.45) is 2.04. The zero-order valence-corrected chi connectivity index (χ0v) is 16.0. The fraction of sp³-hybridized carbons (Fsp3) is 0.381. The molecule has 7 nitrogen and oxygen atoms in total. The summed E-state index contributed by atoms with van der Waals surface area (Å²) in [5, 5.41) is 0. The SMILES string of the molecule is COc1cccc(N2CC(C(=O)N3CCN(c4ccccn4)CC3)CC2=O)c1. The van der Waals surface area contributed by atoms with Crippen LogP contribution in [0, 0.1) is 5.92 Å². The zero-order chi connectivity index (χ0) is 19.5. The minimum Gasteiger partial charge on any atom is -0.497 e. The van der Waals surface area contributed by atoms with Gasteiger partial charge in [-0.15, -0.1) is 0 Å². The lowest BCUT2D eigenvalue weighted by Crippen LogP contribution is -2.51. The third-order valence-corrected chi connectivity index (χ3v) is 5.40. The minimum atomic E-state index is -0.292. The minimum absolute atomic E-state index is 0.0151. The Balaban J connectivity index is 1.37. The molecule has 1 aromatic carbocycles. The molecular formula is C21H24N4O3. The number of aromatic nitrogens is 1. The van der Waals surface area contributed by atoms with Crippen molar-refractivity contribution in [3.05, 3.63) is 48.7 Å². The molecule has 28 heavy (non-hydrogen) atoms. The molecule has 1 aromatic heterocycles. The Labute approximate surface area is 164 Å². The second-order valence-electron chi connectivity index (χ2n) is 7.11. The van der Waals surface area contributed by atoms with E-state index in [4.69, 9.17) is 4.74 Å². The maximum absolute atomic E-state index is 13.0. The molecule has 2 amide bonds. The molecule has 2 aliphatic rings. The van der Waals surface area contributed by atoms with Gasteiger partial charge in [-0.2, -0.15) is 0 Å². The standard InChI is InChI=1S/C21H24N4O3/c1-28-18-6-4-5-17(14-18)25-15-16(13-20(25)26)21(27)24-11-9-23(10-12-24)19-7-2-3-8-22-19/h2-8,14,16H,9-13,15H2,1H3. The Morgan fingerprint density at radius 1 is 1.11 bits per heavy atom. The number of methoxy groups -OCH3 is 1. The largest absolute Gasteiger partial charge is 0.497 e. The summed E-state index contributed by atoms with van der Waals surface area (Å²) in [6.45, 7) is 3.23. The number of nitrogens with zero attached hydrogens (tertiary/aromatic N) is 4. The number of hydrogen-bond acceptors (Lipinski definition) is 5. The van der Waals surface area contributed by atoms with Gasteiger partial charge in [0.15, 0.2) is 0 Å². The molecule has 2 aliphatic heterocycles. The van der Waals surface area contributed by atoms with E-state index < -0.39 is 0 Å². The molecule has 146 valence electrons. The van der Waals surface area contributed by atoms with Crippen molar-refractivity contribution in [3.8, 4) is 5.75 Å². The van der Waals surface area contributed by atoms with Crippen LogP contribution in [0.2, 0.25) is 0 Å². The average molecular weight is 380 g/mol. The molecule has 7 heteroatoms. The van der Waals surface area contributed by atoms with Crippen LogP contribution in [0.25, 0.3) is 0 Å².